The van der Waals surface area contributed by atoms with Gasteiger partial charge < -0.3 is 0 Å². The fraction of sp³-hybridized carbons (Fsp3) is 0.444. The van der Waals surface area contributed by atoms with Gasteiger partial charge >= 0.3 is 0 Å². The summed E-state index contributed by atoms with van der Waals surface area (Å²) in [6.45, 7) is 0. The monoisotopic (exact) mass is 137 g/mol. The van der Waals surface area contributed by atoms with Crippen molar-refractivity contribution in [3.8, 4) is 12.1 Å². The predicted molar refractivity (Wildman–Crippen MR) is 39.7 cm³/mol. The van der Waals surface area contributed by atoms with E-state index in [0.29, 0.717) is 0 Å². The molecule has 0 bridgehead atoms. The van der Waals surface area contributed by atoms with Crippen LogP contribution in [0.2, 0.25) is 0 Å². The van der Waals surface area contributed by atoms with Gasteiger partial charge in [-0.05, 0) is 43.6 Å². The van der Waals surface area contributed by atoms with E-state index in [1.807, 2.05) is 6.08 Å². The largest absolute Gasteiger partial charge is 0.144 e. The second-order valence-electron chi connectivity index (χ2n) is 2.45. The van der Waals surface area contributed by atoms with Crippen LogP contribution in [0.25, 0.3) is 0 Å². The SMILES string of the molecule is FC#CC=CCCC1[CH]C1. The molecule has 0 heterocycles. The molecule has 0 spiro atoms. The predicted octanol–water partition coefficient (Wildman–Crippen LogP) is 2.48. The Morgan fingerprint density at radius 2 is 2.50 bits per heavy atom. The Morgan fingerprint density at radius 1 is 1.70 bits per heavy atom. The first-order valence-corrected chi connectivity index (χ1v) is 3.53. The van der Waals surface area contributed by atoms with Crippen molar-refractivity contribution in [3.05, 3.63) is 18.6 Å². The van der Waals surface area contributed by atoms with E-state index in [4.69, 9.17) is 0 Å². The molecule has 0 nitrogen and oxygen atoms in total. The smallest absolute Gasteiger partial charge is 0.110 e. The molecule has 0 saturated heterocycles. The fourth-order valence-electron chi connectivity index (χ4n) is 0.816. The van der Waals surface area contributed by atoms with Crippen molar-refractivity contribution in [2.75, 3.05) is 0 Å². The third-order valence-corrected chi connectivity index (χ3v) is 1.53. The van der Waals surface area contributed by atoms with E-state index in [-0.39, 0.29) is 0 Å². The van der Waals surface area contributed by atoms with Gasteiger partial charge in [-0.15, -0.1) is 4.39 Å². The van der Waals surface area contributed by atoms with E-state index in [1.165, 1.54) is 19.0 Å². The van der Waals surface area contributed by atoms with Crippen LogP contribution in [-0.4, -0.2) is 0 Å². The number of hydrogen-bond acceptors (Lipinski definition) is 0. The van der Waals surface area contributed by atoms with Crippen molar-refractivity contribution in [1.82, 2.24) is 0 Å². The van der Waals surface area contributed by atoms with Crippen molar-refractivity contribution in [2.24, 2.45) is 5.92 Å². The maximum atomic E-state index is 11.2. The van der Waals surface area contributed by atoms with Gasteiger partial charge in [-0.2, -0.15) is 0 Å². The highest BCUT2D eigenvalue weighted by molar-refractivity contribution is 5.11. The molecule has 53 valence electrons. The fourth-order valence-corrected chi connectivity index (χ4v) is 0.816. The van der Waals surface area contributed by atoms with E-state index >= 15 is 0 Å². The summed E-state index contributed by atoms with van der Waals surface area (Å²) in [6.07, 6.45) is 10.6. The number of allylic oxidation sites excluding steroid dienone is 2. The standard InChI is InChI=1S/C9H10F/c10-8-4-2-1-3-5-9-6-7-9/h1-2,6,9H,3,5,7H2. The number of hydrogen-bond donors (Lipinski definition) is 0. The summed E-state index contributed by atoms with van der Waals surface area (Å²) in [5, 5.41) is 0. The highest BCUT2D eigenvalue weighted by Crippen LogP contribution is 2.31. The maximum absolute atomic E-state index is 11.2. The summed E-state index contributed by atoms with van der Waals surface area (Å²) in [4.78, 5) is 0. The van der Waals surface area contributed by atoms with Gasteiger partial charge in [0.15, 0.2) is 0 Å². The molecule has 1 saturated carbocycles. The molecule has 1 unspecified atom stereocenters. The summed E-state index contributed by atoms with van der Waals surface area (Å²) in [7, 11) is 0. The van der Waals surface area contributed by atoms with Crippen LogP contribution in [0.4, 0.5) is 4.39 Å². The van der Waals surface area contributed by atoms with Crippen molar-refractivity contribution in [1.29, 1.82) is 0 Å². The van der Waals surface area contributed by atoms with Crippen molar-refractivity contribution >= 4 is 0 Å². The van der Waals surface area contributed by atoms with Crippen LogP contribution in [0.1, 0.15) is 19.3 Å². The molecule has 0 aromatic carbocycles. The van der Waals surface area contributed by atoms with Crippen molar-refractivity contribution in [2.45, 2.75) is 19.3 Å². The van der Waals surface area contributed by atoms with Gasteiger partial charge in [0.1, 0.15) is 6.17 Å². The zero-order chi connectivity index (χ0) is 7.23. The third-order valence-electron chi connectivity index (χ3n) is 1.53. The lowest BCUT2D eigenvalue weighted by molar-refractivity contribution is 0.762. The molecular formula is C9H10F. The van der Waals surface area contributed by atoms with Gasteiger partial charge in [0.25, 0.3) is 0 Å². The number of rotatable bonds is 3. The Labute approximate surface area is 61.1 Å². The quantitative estimate of drug-likeness (QED) is 0.524. The summed E-state index contributed by atoms with van der Waals surface area (Å²) < 4.78 is 11.2. The average molecular weight is 137 g/mol. The molecule has 1 atom stereocenters. The van der Waals surface area contributed by atoms with E-state index in [1.54, 1.807) is 6.08 Å². The minimum atomic E-state index is 0.836. The van der Waals surface area contributed by atoms with Gasteiger partial charge in [-0.25, -0.2) is 0 Å². The normalized spacial score (nSPS) is 16.9. The van der Waals surface area contributed by atoms with Gasteiger partial charge in [-0.1, -0.05) is 6.08 Å². The summed E-state index contributed by atoms with van der Waals surface area (Å²) in [6, 6.07) is 0. The molecule has 0 aliphatic heterocycles. The van der Waals surface area contributed by atoms with Gasteiger partial charge in [0.2, 0.25) is 0 Å². The van der Waals surface area contributed by atoms with Crippen LogP contribution in [0.3, 0.4) is 0 Å². The molecule has 1 fully saturated rings. The molecule has 0 amide bonds. The lowest BCUT2D eigenvalue weighted by Gasteiger charge is -1.86. The van der Waals surface area contributed by atoms with Gasteiger partial charge in [0.05, 0.1) is 0 Å². The van der Waals surface area contributed by atoms with E-state index < -0.39 is 0 Å². The first kappa shape index (κ1) is 7.34. The molecule has 0 N–H and O–H groups in total. The number of halogens is 1. The topological polar surface area (TPSA) is 0 Å². The summed E-state index contributed by atoms with van der Waals surface area (Å²) in [5.41, 5.74) is 0. The highest BCUT2D eigenvalue weighted by atomic mass is 19.1. The third kappa shape index (κ3) is 3.29. The lowest BCUT2D eigenvalue weighted by atomic mass is 10.2. The van der Waals surface area contributed by atoms with E-state index in [0.717, 1.165) is 12.3 Å². The average Bonchev–Trinajstić information content (AvgIpc) is 2.71. The minimum absolute atomic E-state index is 0.836. The molecule has 10 heavy (non-hydrogen) atoms. The van der Waals surface area contributed by atoms with E-state index in [2.05, 4.69) is 12.3 Å². The Morgan fingerprint density at radius 3 is 3.10 bits per heavy atom. The molecule has 1 radical (unpaired) electrons. The van der Waals surface area contributed by atoms with Crippen LogP contribution in [-0.2, 0) is 0 Å². The second-order valence-corrected chi connectivity index (χ2v) is 2.45. The molecular weight excluding hydrogens is 127 g/mol. The van der Waals surface area contributed by atoms with E-state index in [9.17, 15) is 4.39 Å². The highest BCUT2D eigenvalue weighted by Gasteiger charge is 2.19. The summed E-state index contributed by atoms with van der Waals surface area (Å²) in [5.74, 6) is 3.07. The van der Waals surface area contributed by atoms with Crippen LogP contribution in [0, 0.1) is 24.4 Å². The van der Waals surface area contributed by atoms with Crippen LogP contribution in [0.15, 0.2) is 12.2 Å². The Balaban J connectivity index is 1.95. The zero-order valence-corrected chi connectivity index (χ0v) is 5.81. The Bertz CT molecular complexity index is 167. The van der Waals surface area contributed by atoms with Crippen molar-refractivity contribution in [3.63, 3.8) is 0 Å². The first-order valence-electron chi connectivity index (χ1n) is 3.53. The summed E-state index contributed by atoms with van der Waals surface area (Å²) >= 11 is 0. The van der Waals surface area contributed by atoms with Crippen LogP contribution in [0.5, 0.6) is 0 Å². The minimum Gasteiger partial charge on any atom is -0.144 e. The molecule has 0 aromatic heterocycles. The Hall–Kier alpha value is -0.770. The maximum Gasteiger partial charge on any atom is 0.110 e. The first-order chi connectivity index (χ1) is 4.93. The van der Waals surface area contributed by atoms with Crippen molar-refractivity contribution < 1.29 is 4.39 Å². The second kappa shape index (κ2) is 4.11. The molecule has 1 heteroatoms. The molecule has 1 aliphatic carbocycles. The zero-order valence-electron chi connectivity index (χ0n) is 5.81. The molecule has 0 aromatic rings. The van der Waals surface area contributed by atoms with Crippen LogP contribution >= 0.6 is 0 Å². The molecule has 1 rings (SSSR count). The van der Waals surface area contributed by atoms with Crippen LogP contribution < -0.4 is 0 Å². The van der Waals surface area contributed by atoms with Gasteiger partial charge in [-0.3, -0.25) is 0 Å². The Kier molecular flexibility index (Phi) is 3.02. The molecule has 1 aliphatic rings. The van der Waals surface area contributed by atoms with Gasteiger partial charge in [0, 0.05) is 0 Å². The lowest BCUT2D eigenvalue weighted by Crippen LogP contribution is -1.71.